The molecule has 1 heteroatoms. The molecule has 2 aliphatic carbocycles. The molecule has 0 saturated heterocycles. The van der Waals surface area contributed by atoms with Crippen LogP contribution in [0.15, 0.2) is 11.1 Å². The van der Waals surface area contributed by atoms with E-state index >= 15 is 0 Å². The first-order chi connectivity index (χ1) is 6.93. The van der Waals surface area contributed by atoms with Crippen LogP contribution >= 0.6 is 0 Å². The van der Waals surface area contributed by atoms with Gasteiger partial charge >= 0.3 is 0 Å². The van der Waals surface area contributed by atoms with Crippen molar-refractivity contribution in [2.45, 2.75) is 53.4 Å². The molecule has 2 rings (SSSR count). The van der Waals surface area contributed by atoms with Crippen LogP contribution in [0.25, 0.3) is 0 Å². The van der Waals surface area contributed by atoms with Gasteiger partial charge in [-0.25, -0.2) is 0 Å². The summed E-state index contributed by atoms with van der Waals surface area (Å²) in [5, 5.41) is 0. The standard InChI is InChI=1S/C14H22O/c1-9-5-6-11(10(2)15)12-7-8-14(3,4)13(9)12/h9,13H,5-8H2,1-4H3. The summed E-state index contributed by atoms with van der Waals surface area (Å²) in [7, 11) is 0. The number of Topliss-reactive ketones (excluding diaryl/α,β-unsaturated/α-hetero) is 1. The summed E-state index contributed by atoms with van der Waals surface area (Å²) >= 11 is 0. The lowest BCUT2D eigenvalue weighted by Gasteiger charge is -2.37. The Hall–Kier alpha value is -0.590. The second-order valence-electron chi connectivity index (χ2n) is 6.04. The minimum atomic E-state index is 0.319. The molecule has 0 heterocycles. The number of rotatable bonds is 1. The second kappa shape index (κ2) is 3.47. The minimum Gasteiger partial charge on any atom is -0.295 e. The fourth-order valence-corrected chi connectivity index (χ4v) is 3.79. The SMILES string of the molecule is CC(=O)C1=C2CCC(C)(C)C2C(C)CC1. The zero-order valence-electron chi connectivity index (χ0n) is 10.4. The molecule has 0 aromatic heterocycles. The molecule has 1 saturated carbocycles. The summed E-state index contributed by atoms with van der Waals surface area (Å²) < 4.78 is 0. The Kier molecular flexibility index (Phi) is 2.52. The largest absolute Gasteiger partial charge is 0.295 e. The van der Waals surface area contributed by atoms with Gasteiger partial charge in [-0.1, -0.05) is 26.3 Å². The summed E-state index contributed by atoms with van der Waals surface area (Å²) in [5.74, 6) is 1.75. The van der Waals surface area contributed by atoms with Crippen molar-refractivity contribution in [1.82, 2.24) is 0 Å². The van der Waals surface area contributed by atoms with Crippen molar-refractivity contribution in [2.24, 2.45) is 17.3 Å². The summed E-state index contributed by atoms with van der Waals surface area (Å²) in [5.41, 5.74) is 3.09. The molecule has 0 aromatic carbocycles. The molecule has 0 bridgehead atoms. The van der Waals surface area contributed by atoms with Crippen molar-refractivity contribution in [3.8, 4) is 0 Å². The lowest BCUT2D eigenvalue weighted by atomic mass is 9.68. The molecular weight excluding hydrogens is 184 g/mol. The lowest BCUT2D eigenvalue weighted by Crippen LogP contribution is -2.29. The minimum absolute atomic E-state index is 0.319. The fourth-order valence-electron chi connectivity index (χ4n) is 3.79. The first-order valence-corrected chi connectivity index (χ1v) is 6.16. The molecule has 1 fully saturated rings. The Morgan fingerprint density at radius 2 is 2.00 bits per heavy atom. The van der Waals surface area contributed by atoms with E-state index in [9.17, 15) is 4.79 Å². The summed E-state index contributed by atoms with van der Waals surface area (Å²) in [6, 6.07) is 0. The quantitative estimate of drug-likeness (QED) is 0.638. The number of hydrogen-bond acceptors (Lipinski definition) is 1. The van der Waals surface area contributed by atoms with E-state index in [2.05, 4.69) is 20.8 Å². The molecule has 0 aliphatic heterocycles. The highest BCUT2D eigenvalue weighted by atomic mass is 16.1. The monoisotopic (exact) mass is 206 g/mol. The van der Waals surface area contributed by atoms with E-state index < -0.39 is 0 Å². The number of hydrogen-bond donors (Lipinski definition) is 0. The molecule has 1 nitrogen and oxygen atoms in total. The number of ketones is 1. The summed E-state index contributed by atoms with van der Waals surface area (Å²) in [4.78, 5) is 11.6. The van der Waals surface area contributed by atoms with Gasteiger partial charge in [-0.05, 0) is 55.4 Å². The van der Waals surface area contributed by atoms with Gasteiger partial charge in [0.1, 0.15) is 0 Å². The smallest absolute Gasteiger partial charge is 0.155 e. The molecule has 2 aliphatic rings. The van der Waals surface area contributed by atoms with E-state index in [1.54, 1.807) is 6.92 Å². The first kappa shape index (κ1) is 10.9. The maximum absolute atomic E-state index is 11.6. The van der Waals surface area contributed by atoms with Gasteiger partial charge in [0.25, 0.3) is 0 Å². The zero-order chi connectivity index (χ0) is 11.2. The third-order valence-corrected chi connectivity index (χ3v) is 4.49. The van der Waals surface area contributed by atoms with Crippen LogP contribution in [0.3, 0.4) is 0 Å². The highest BCUT2D eigenvalue weighted by molar-refractivity contribution is 5.94. The zero-order valence-corrected chi connectivity index (χ0v) is 10.4. The van der Waals surface area contributed by atoms with E-state index in [4.69, 9.17) is 0 Å². The Morgan fingerprint density at radius 3 is 2.60 bits per heavy atom. The predicted octanol–water partition coefficient (Wildman–Crippen LogP) is 3.74. The Morgan fingerprint density at radius 1 is 1.33 bits per heavy atom. The summed E-state index contributed by atoms with van der Waals surface area (Å²) in [6.07, 6.45) is 4.65. The molecule has 2 atom stereocenters. The number of carbonyl (C=O) groups is 1. The topological polar surface area (TPSA) is 17.1 Å². The Balaban J connectivity index is 2.44. The van der Waals surface area contributed by atoms with Crippen LogP contribution in [0.2, 0.25) is 0 Å². The van der Waals surface area contributed by atoms with Crippen LogP contribution in [-0.2, 0) is 4.79 Å². The number of allylic oxidation sites excluding steroid dienone is 2. The molecule has 0 aromatic rings. The highest BCUT2D eigenvalue weighted by Crippen LogP contribution is 2.54. The van der Waals surface area contributed by atoms with Crippen molar-refractivity contribution in [3.63, 3.8) is 0 Å². The van der Waals surface area contributed by atoms with Crippen LogP contribution in [-0.4, -0.2) is 5.78 Å². The van der Waals surface area contributed by atoms with Gasteiger partial charge in [-0.3, -0.25) is 4.79 Å². The normalized spacial score (nSPS) is 34.1. The van der Waals surface area contributed by atoms with Crippen molar-refractivity contribution in [2.75, 3.05) is 0 Å². The van der Waals surface area contributed by atoms with Gasteiger partial charge in [0, 0.05) is 0 Å². The van der Waals surface area contributed by atoms with E-state index in [0.717, 1.165) is 18.8 Å². The molecule has 0 radical (unpaired) electrons. The van der Waals surface area contributed by atoms with E-state index in [1.165, 1.54) is 24.0 Å². The maximum Gasteiger partial charge on any atom is 0.155 e. The Labute approximate surface area is 92.9 Å². The van der Waals surface area contributed by atoms with Gasteiger partial charge < -0.3 is 0 Å². The molecule has 0 N–H and O–H groups in total. The van der Waals surface area contributed by atoms with Crippen molar-refractivity contribution in [1.29, 1.82) is 0 Å². The fraction of sp³-hybridized carbons (Fsp3) is 0.786. The molecular formula is C14H22O. The van der Waals surface area contributed by atoms with E-state index in [0.29, 0.717) is 17.1 Å². The maximum atomic E-state index is 11.6. The van der Waals surface area contributed by atoms with Gasteiger partial charge in [0.2, 0.25) is 0 Å². The Bertz CT molecular complexity index is 322. The molecule has 0 amide bonds. The van der Waals surface area contributed by atoms with Gasteiger partial charge in [0.15, 0.2) is 5.78 Å². The molecule has 0 spiro atoms. The van der Waals surface area contributed by atoms with Gasteiger partial charge in [-0.15, -0.1) is 0 Å². The van der Waals surface area contributed by atoms with Crippen LogP contribution < -0.4 is 0 Å². The molecule has 15 heavy (non-hydrogen) atoms. The molecule has 84 valence electrons. The van der Waals surface area contributed by atoms with Gasteiger partial charge in [-0.2, -0.15) is 0 Å². The summed E-state index contributed by atoms with van der Waals surface area (Å²) in [6.45, 7) is 8.82. The predicted molar refractivity (Wildman–Crippen MR) is 62.6 cm³/mol. The van der Waals surface area contributed by atoms with E-state index in [1.807, 2.05) is 0 Å². The number of carbonyl (C=O) groups excluding carboxylic acids is 1. The van der Waals surface area contributed by atoms with Crippen molar-refractivity contribution >= 4 is 5.78 Å². The first-order valence-electron chi connectivity index (χ1n) is 6.16. The van der Waals surface area contributed by atoms with Crippen LogP contribution in [0.4, 0.5) is 0 Å². The van der Waals surface area contributed by atoms with Crippen LogP contribution in [0.5, 0.6) is 0 Å². The third kappa shape index (κ3) is 1.66. The lowest BCUT2D eigenvalue weighted by molar-refractivity contribution is -0.114. The van der Waals surface area contributed by atoms with Crippen molar-refractivity contribution in [3.05, 3.63) is 11.1 Å². The average molecular weight is 206 g/mol. The molecule has 2 unspecified atom stereocenters. The third-order valence-electron chi connectivity index (χ3n) is 4.49. The van der Waals surface area contributed by atoms with Gasteiger partial charge in [0.05, 0.1) is 0 Å². The highest BCUT2D eigenvalue weighted by Gasteiger charge is 2.44. The van der Waals surface area contributed by atoms with Crippen LogP contribution in [0, 0.1) is 17.3 Å². The average Bonchev–Trinajstić information content (AvgIpc) is 2.43. The second-order valence-corrected chi connectivity index (χ2v) is 6.04. The number of fused-ring (bicyclic) bond motifs is 1. The van der Waals surface area contributed by atoms with E-state index in [-0.39, 0.29) is 0 Å². The van der Waals surface area contributed by atoms with Crippen molar-refractivity contribution < 1.29 is 4.79 Å². The van der Waals surface area contributed by atoms with Crippen LogP contribution in [0.1, 0.15) is 53.4 Å².